The Kier molecular flexibility index (Phi) is 10.9. The van der Waals surface area contributed by atoms with E-state index >= 15 is 0 Å². The van der Waals surface area contributed by atoms with Gasteiger partial charge in [-0.1, -0.05) is 81.4 Å². The maximum absolute atomic E-state index is 11.2. The third-order valence-electron chi connectivity index (χ3n) is 7.87. The van der Waals surface area contributed by atoms with E-state index in [0.717, 1.165) is 34.2 Å². The van der Waals surface area contributed by atoms with Crippen molar-refractivity contribution in [3.63, 3.8) is 0 Å². The largest absolute Gasteiger partial charge is 0.489 e. The summed E-state index contributed by atoms with van der Waals surface area (Å²) in [6.45, 7) is 16.4. The molecule has 0 heterocycles. The Hall–Kier alpha value is -2.97. The molecule has 1 atom stereocenters. The van der Waals surface area contributed by atoms with Crippen molar-refractivity contribution >= 4 is 14.3 Å². The molecule has 3 aromatic carbocycles. The van der Waals surface area contributed by atoms with Crippen LogP contribution in [-0.4, -0.2) is 36.6 Å². The van der Waals surface area contributed by atoms with Crippen LogP contribution in [-0.2, 0) is 35.3 Å². The Labute approximate surface area is 246 Å². The number of hydrogen-bond acceptors (Lipinski definition) is 5. The van der Waals surface area contributed by atoms with Crippen LogP contribution in [0, 0.1) is 0 Å². The molecular formula is C34H47NO5Si. The summed E-state index contributed by atoms with van der Waals surface area (Å²) in [6, 6.07) is 23.8. The molecule has 3 N–H and O–H groups in total. The van der Waals surface area contributed by atoms with Crippen LogP contribution in [0.3, 0.4) is 0 Å². The smallest absolute Gasteiger partial charge is 0.307 e. The summed E-state index contributed by atoms with van der Waals surface area (Å²) >= 11 is 0. The van der Waals surface area contributed by atoms with Crippen LogP contribution < -0.4 is 10.1 Å². The van der Waals surface area contributed by atoms with Crippen molar-refractivity contribution in [2.45, 2.75) is 90.4 Å². The highest BCUT2D eigenvalue weighted by Crippen LogP contribution is 2.40. The first-order chi connectivity index (χ1) is 19.2. The maximum Gasteiger partial charge on any atom is 0.307 e. The fraction of sp³-hybridized carbons (Fsp3) is 0.441. The molecule has 0 aliphatic heterocycles. The summed E-state index contributed by atoms with van der Waals surface area (Å²) in [5.74, 6) is -0.162. The van der Waals surface area contributed by atoms with Crippen LogP contribution in [0.2, 0.25) is 18.1 Å². The molecule has 7 heteroatoms. The molecule has 0 unspecified atom stereocenters. The van der Waals surface area contributed by atoms with Crippen LogP contribution in [0.4, 0.5) is 0 Å². The molecule has 0 aliphatic rings. The lowest BCUT2D eigenvalue weighted by Gasteiger charge is -2.40. The number of carboxylic acids is 1. The number of nitrogens with one attached hydrogen (secondary N) is 1. The van der Waals surface area contributed by atoms with Gasteiger partial charge < -0.3 is 24.7 Å². The zero-order chi connectivity index (χ0) is 30.3. The zero-order valence-corrected chi connectivity index (χ0v) is 26.7. The molecule has 3 rings (SSSR count). The zero-order valence-electron chi connectivity index (χ0n) is 25.7. The van der Waals surface area contributed by atoms with Gasteiger partial charge in [-0.15, -0.1) is 0 Å². The van der Waals surface area contributed by atoms with Crippen molar-refractivity contribution in [3.8, 4) is 5.75 Å². The molecule has 0 fully saturated rings. The lowest BCUT2D eigenvalue weighted by Crippen LogP contribution is -2.47. The first-order valence-electron chi connectivity index (χ1n) is 14.3. The molecule has 222 valence electrons. The molecular weight excluding hydrogens is 530 g/mol. The minimum Gasteiger partial charge on any atom is -0.489 e. The lowest BCUT2D eigenvalue weighted by molar-refractivity contribution is -0.136. The van der Waals surface area contributed by atoms with E-state index in [1.807, 2.05) is 72.8 Å². The topological polar surface area (TPSA) is 88.0 Å². The third-order valence-corrected chi connectivity index (χ3v) is 12.4. The molecule has 0 saturated carbocycles. The van der Waals surface area contributed by atoms with Crippen molar-refractivity contribution < 1.29 is 24.2 Å². The average Bonchev–Trinajstić information content (AvgIpc) is 2.89. The summed E-state index contributed by atoms with van der Waals surface area (Å²) in [7, 11) is -2.13. The van der Waals surface area contributed by atoms with Crippen LogP contribution in [0.25, 0.3) is 0 Å². The minimum atomic E-state index is -2.13. The second-order valence-corrected chi connectivity index (χ2v) is 17.8. The number of hydrogen-bond donors (Lipinski definition) is 3. The quantitative estimate of drug-likeness (QED) is 0.178. The van der Waals surface area contributed by atoms with Gasteiger partial charge in [0.05, 0.1) is 19.1 Å². The Morgan fingerprint density at radius 1 is 0.902 bits per heavy atom. The highest BCUT2D eigenvalue weighted by molar-refractivity contribution is 6.74. The van der Waals surface area contributed by atoms with E-state index in [9.17, 15) is 15.0 Å². The van der Waals surface area contributed by atoms with E-state index in [1.165, 1.54) is 0 Å². The Bertz CT molecular complexity index is 1280. The first-order valence-corrected chi connectivity index (χ1v) is 17.2. The fourth-order valence-electron chi connectivity index (χ4n) is 4.53. The van der Waals surface area contributed by atoms with E-state index in [0.29, 0.717) is 18.9 Å². The van der Waals surface area contributed by atoms with Crippen LogP contribution in [0.5, 0.6) is 5.75 Å². The fourth-order valence-corrected chi connectivity index (χ4v) is 5.81. The molecule has 0 saturated heterocycles. The summed E-state index contributed by atoms with van der Waals surface area (Å²) in [6.07, 6.45) is 0.533. The Balaban J connectivity index is 1.81. The molecule has 3 aromatic rings. The predicted molar refractivity (Wildman–Crippen MR) is 168 cm³/mol. The van der Waals surface area contributed by atoms with Gasteiger partial charge in [0.15, 0.2) is 8.32 Å². The Morgan fingerprint density at radius 3 is 2.20 bits per heavy atom. The summed E-state index contributed by atoms with van der Waals surface area (Å²) < 4.78 is 13.0. The van der Waals surface area contributed by atoms with Crippen molar-refractivity contribution in [1.29, 1.82) is 0 Å². The summed E-state index contributed by atoms with van der Waals surface area (Å²) in [4.78, 5) is 11.2. The number of aliphatic hydroxyl groups excluding tert-OH is 1. The van der Waals surface area contributed by atoms with Gasteiger partial charge in [-0.2, -0.15) is 0 Å². The number of carboxylic acid groups (broad SMARTS) is 1. The molecule has 0 spiro atoms. The van der Waals surface area contributed by atoms with Crippen molar-refractivity contribution in [2.24, 2.45) is 0 Å². The molecule has 0 amide bonds. The van der Waals surface area contributed by atoms with Gasteiger partial charge in [-0.05, 0) is 72.8 Å². The lowest BCUT2D eigenvalue weighted by atomic mass is 9.93. The highest BCUT2D eigenvalue weighted by Gasteiger charge is 2.40. The third kappa shape index (κ3) is 9.82. The van der Waals surface area contributed by atoms with E-state index in [2.05, 4.69) is 53.0 Å². The average molecular weight is 578 g/mol. The van der Waals surface area contributed by atoms with Crippen LogP contribution in [0.1, 0.15) is 68.5 Å². The van der Waals surface area contributed by atoms with Crippen molar-refractivity contribution in [3.05, 3.63) is 101 Å². The van der Waals surface area contributed by atoms with Gasteiger partial charge in [0, 0.05) is 17.6 Å². The van der Waals surface area contributed by atoms with Crippen molar-refractivity contribution in [2.75, 3.05) is 6.54 Å². The van der Waals surface area contributed by atoms with E-state index in [-0.39, 0.29) is 29.7 Å². The molecule has 6 nitrogen and oxygen atoms in total. The van der Waals surface area contributed by atoms with Gasteiger partial charge in [0.25, 0.3) is 0 Å². The van der Waals surface area contributed by atoms with Gasteiger partial charge in [-0.25, -0.2) is 0 Å². The first kappa shape index (κ1) is 32.5. The SMILES string of the molecule is CC(C)(Cc1cccc(CC(=O)O)c1)NC[C@H](O[Si](C)(C)C(C)(C)C)c1ccc(OCc2ccccc2)c(CO)c1. The van der Waals surface area contributed by atoms with E-state index in [1.54, 1.807) is 0 Å². The highest BCUT2D eigenvalue weighted by atomic mass is 28.4. The maximum atomic E-state index is 11.2. The summed E-state index contributed by atoms with van der Waals surface area (Å²) in [5.41, 5.74) is 4.42. The van der Waals surface area contributed by atoms with Gasteiger partial charge in [0.1, 0.15) is 12.4 Å². The van der Waals surface area contributed by atoms with Crippen LogP contribution in [0.15, 0.2) is 72.8 Å². The molecule has 0 aliphatic carbocycles. The van der Waals surface area contributed by atoms with Crippen molar-refractivity contribution in [1.82, 2.24) is 5.32 Å². The molecule has 41 heavy (non-hydrogen) atoms. The van der Waals surface area contributed by atoms with Gasteiger partial charge >= 0.3 is 5.97 Å². The molecule has 0 bridgehead atoms. The van der Waals surface area contributed by atoms with Gasteiger partial charge in [-0.3, -0.25) is 4.79 Å². The van der Waals surface area contributed by atoms with E-state index in [4.69, 9.17) is 9.16 Å². The number of benzene rings is 3. The Morgan fingerprint density at radius 2 is 1.56 bits per heavy atom. The van der Waals surface area contributed by atoms with E-state index < -0.39 is 14.3 Å². The second kappa shape index (κ2) is 13.8. The number of rotatable bonds is 14. The predicted octanol–water partition coefficient (Wildman–Crippen LogP) is 7.06. The monoisotopic (exact) mass is 577 g/mol. The number of aliphatic hydroxyl groups is 1. The summed E-state index contributed by atoms with van der Waals surface area (Å²) in [5, 5.41) is 23.2. The second-order valence-electron chi connectivity index (χ2n) is 13.0. The standard InChI is InChI=1S/C34H47NO5Si/c1-33(2,3)41(6,7)40-31(22-35-34(4,5)21-27-15-11-14-26(18-27)19-32(37)38)28-16-17-30(29(20-28)23-36)39-24-25-12-9-8-10-13-25/h8-18,20,31,35-36H,19,21-24H2,1-7H3,(H,37,38)/t31-/m0/s1. The minimum absolute atomic E-state index is 0.0162. The molecule has 0 radical (unpaired) electrons. The number of aliphatic carboxylic acids is 1. The number of ether oxygens (including phenoxy) is 1. The molecule has 0 aromatic heterocycles. The van der Waals surface area contributed by atoms with Crippen LogP contribution >= 0.6 is 0 Å². The van der Waals surface area contributed by atoms with Gasteiger partial charge in [0.2, 0.25) is 0 Å². The number of carbonyl (C=O) groups is 1. The normalized spacial score (nSPS) is 13.2.